The van der Waals surface area contributed by atoms with E-state index in [2.05, 4.69) is 57.4 Å². The topological polar surface area (TPSA) is 12.0 Å². The van der Waals surface area contributed by atoms with Gasteiger partial charge in [-0.2, -0.15) is 0 Å². The van der Waals surface area contributed by atoms with Crippen LogP contribution < -0.4 is 5.32 Å². The highest BCUT2D eigenvalue weighted by molar-refractivity contribution is 5.26. The number of hydrogen-bond donors (Lipinski definition) is 1. The Balaban J connectivity index is 2.89. The maximum atomic E-state index is 3.56. The molecule has 0 amide bonds. The molecule has 0 saturated heterocycles. The van der Waals surface area contributed by atoms with Crippen molar-refractivity contribution in [2.45, 2.75) is 65.3 Å². The van der Waals surface area contributed by atoms with E-state index in [1.807, 2.05) is 0 Å². The minimum Gasteiger partial charge on any atom is -0.313 e. The highest BCUT2D eigenvalue weighted by Gasteiger charge is 2.20. The van der Waals surface area contributed by atoms with Gasteiger partial charge in [0.15, 0.2) is 0 Å². The number of aryl methyl sites for hydroxylation is 1. The second-order valence-corrected chi connectivity index (χ2v) is 5.60. The molecule has 0 aliphatic rings. The van der Waals surface area contributed by atoms with Crippen LogP contribution in [0.3, 0.4) is 0 Å². The van der Waals surface area contributed by atoms with E-state index < -0.39 is 0 Å². The fourth-order valence-electron chi connectivity index (χ4n) is 3.12. The van der Waals surface area contributed by atoms with Crippen LogP contribution in [0.5, 0.6) is 0 Å². The lowest BCUT2D eigenvalue weighted by Gasteiger charge is -2.27. The van der Waals surface area contributed by atoms with Crippen molar-refractivity contribution in [2.75, 3.05) is 7.05 Å². The van der Waals surface area contributed by atoms with Crippen LogP contribution in [0.4, 0.5) is 0 Å². The molecule has 0 heterocycles. The monoisotopic (exact) mass is 261 g/mol. The van der Waals surface area contributed by atoms with Crippen molar-refractivity contribution in [1.29, 1.82) is 0 Å². The Morgan fingerprint density at radius 2 is 1.68 bits per heavy atom. The van der Waals surface area contributed by atoms with E-state index in [0.29, 0.717) is 6.04 Å². The van der Waals surface area contributed by atoms with Crippen LogP contribution >= 0.6 is 0 Å². The standard InChI is InChI=1S/C18H31N/c1-5-9-15-12-8-13-17(14-15)18(19-4)16(10-6-2)11-7-3/h8,12-14,16,18-19H,5-7,9-11H2,1-4H3. The number of rotatable bonds is 9. The summed E-state index contributed by atoms with van der Waals surface area (Å²) in [7, 11) is 2.11. The van der Waals surface area contributed by atoms with Gasteiger partial charge >= 0.3 is 0 Å². The predicted molar refractivity (Wildman–Crippen MR) is 85.5 cm³/mol. The van der Waals surface area contributed by atoms with Gasteiger partial charge in [0.05, 0.1) is 0 Å². The molecule has 108 valence electrons. The van der Waals surface area contributed by atoms with E-state index in [4.69, 9.17) is 0 Å². The first-order valence-electron chi connectivity index (χ1n) is 8.02. The van der Waals surface area contributed by atoms with Gasteiger partial charge in [-0.3, -0.25) is 0 Å². The molecule has 0 radical (unpaired) electrons. The molecule has 0 bridgehead atoms. The molecule has 1 aromatic carbocycles. The summed E-state index contributed by atoms with van der Waals surface area (Å²) in [5, 5.41) is 3.56. The summed E-state index contributed by atoms with van der Waals surface area (Å²) < 4.78 is 0. The van der Waals surface area contributed by atoms with Crippen LogP contribution in [0, 0.1) is 5.92 Å². The zero-order valence-electron chi connectivity index (χ0n) is 13.2. The van der Waals surface area contributed by atoms with Gasteiger partial charge in [-0.25, -0.2) is 0 Å². The van der Waals surface area contributed by atoms with Crippen LogP contribution in [-0.2, 0) is 6.42 Å². The normalized spacial score (nSPS) is 12.9. The maximum absolute atomic E-state index is 3.56. The average Bonchev–Trinajstić information content (AvgIpc) is 2.41. The minimum atomic E-state index is 0.511. The van der Waals surface area contributed by atoms with Gasteiger partial charge in [0, 0.05) is 6.04 Å². The Kier molecular flexibility index (Phi) is 7.81. The average molecular weight is 261 g/mol. The smallest absolute Gasteiger partial charge is 0.0346 e. The SMILES string of the molecule is CCCc1cccc(C(NC)C(CCC)CCC)c1. The first kappa shape index (κ1) is 16.2. The van der Waals surface area contributed by atoms with E-state index in [-0.39, 0.29) is 0 Å². The second-order valence-electron chi connectivity index (χ2n) is 5.60. The zero-order valence-corrected chi connectivity index (χ0v) is 13.2. The molecular weight excluding hydrogens is 230 g/mol. The third-order valence-corrected chi connectivity index (χ3v) is 3.95. The Hall–Kier alpha value is -0.820. The third kappa shape index (κ3) is 4.99. The summed E-state index contributed by atoms with van der Waals surface area (Å²) in [5.41, 5.74) is 2.95. The maximum Gasteiger partial charge on any atom is 0.0346 e. The molecule has 1 aromatic rings. The lowest BCUT2D eigenvalue weighted by molar-refractivity contribution is 0.331. The molecule has 0 aromatic heterocycles. The van der Waals surface area contributed by atoms with E-state index in [0.717, 1.165) is 5.92 Å². The van der Waals surface area contributed by atoms with Crippen LogP contribution in [0.1, 0.15) is 70.0 Å². The van der Waals surface area contributed by atoms with Crippen molar-refractivity contribution in [3.63, 3.8) is 0 Å². The molecule has 1 rings (SSSR count). The first-order chi connectivity index (χ1) is 9.26. The van der Waals surface area contributed by atoms with Gasteiger partial charge in [-0.1, -0.05) is 64.3 Å². The molecule has 1 unspecified atom stereocenters. The quantitative estimate of drug-likeness (QED) is 0.651. The van der Waals surface area contributed by atoms with Crippen molar-refractivity contribution in [3.8, 4) is 0 Å². The molecular formula is C18H31N. The lowest BCUT2D eigenvalue weighted by Crippen LogP contribution is -2.25. The van der Waals surface area contributed by atoms with Crippen molar-refractivity contribution < 1.29 is 0 Å². The summed E-state index contributed by atoms with van der Waals surface area (Å²) >= 11 is 0. The molecule has 1 N–H and O–H groups in total. The Labute approximate surface area is 119 Å². The van der Waals surface area contributed by atoms with E-state index in [9.17, 15) is 0 Å². The molecule has 0 aliphatic heterocycles. The summed E-state index contributed by atoms with van der Waals surface area (Å²) in [6, 6.07) is 9.69. The third-order valence-electron chi connectivity index (χ3n) is 3.95. The summed E-state index contributed by atoms with van der Waals surface area (Å²) in [4.78, 5) is 0. The molecule has 1 nitrogen and oxygen atoms in total. The van der Waals surface area contributed by atoms with E-state index in [1.54, 1.807) is 0 Å². The highest BCUT2D eigenvalue weighted by atomic mass is 14.9. The van der Waals surface area contributed by atoms with Crippen molar-refractivity contribution in [3.05, 3.63) is 35.4 Å². The Morgan fingerprint density at radius 3 is 2.21 bits per heavy atom. The van der Waals surface area contributed by atoms with Gasteiger partial charge in [-0.15, -0.1) is 0 Å². The van der Waals surface area contributed by atoms with Crippen LogP contribution in [0.2, 0.25) is 0 Å². The molecule has 0 fully saturated rings. The summed E-state index contributed by atoms with van der Waals surface area (Å²) in [5.74, 6) is 0.761. The molecule has 0 spiro atoms. The molecule has 0 aliphatic carbocycles. The van der Waals surface area contributed by atoms with Gasteiger partial charge in [0.25, 0.3) is 0 Å². The first-order valence-corrected chi connectivity index (χ1v) is 8.02. The number of hydrogen-bond acceptors (Lipinski definition) is 1. The largest absolute Gasteiger partial charge is 0.313 e. The van der Waals surface area contributed by atoms with Crippen molar-refractivity contribution >= 4 is 0 Å². The zero-order chi connectivity index (χ0) is 14.1. The fraction of sp³-hybridized carbons (Fsp3) is 0.667. The highest BCUT2D eigenvalue weighted by Crippen LogP contribution is 2.30. The Morgan fingerprint density at radius 1 is 1.00 bits per heavy atom. The second kappa shape index (κ2) is 9.14. The minimum absolute atomic E-state index is 0.511. The van der Waals surface area contributed by atoms with Crippen molar-refractivity contribution in [2.24, 2.45) is 5.92 Å². The molecule has 1 atom stereocenters. The number of nitrogens with one attached hydrogen (secondary N) is 1. The van der Waals surface area contributed by atoms with Gasteiger partial charge in [-0.05, 0) is 43.4 Å². The van der Waals surface area contributed by atoms with Crippen LogP contribution in [0.15, 0.2) is 24.3 Å². The molecule has 1 heteroatoms. The van der Waals surface area contributed by atoms with Gasteiger partial charge in [0.1, 0.15) is 0 Å². The van der Waals surface area contributed by atoms with Gasteiger partial charge in [0.2, 0.25) is 0 Å². The molecule has 0 saturated carbocycles. The summed E-state index contributed by atoms with van der Waals surface area (Å²) in [6.07, 6.45) is 7.60. The Bertz CT molecular complexity index is 339. The summed E-state index contributed by atoms with van der Waals surface area (Å²) in [6.45, 7) is 6.84. The lowest BCUT2D eigenvalue weighted by atomic mass is 9.85. The van der Waals surface area contributed by atoms with Crippen LogP contribution in [0.25, 0.3) is 0 Å². The van der Waals surface area contributed by atoms with E-state index in [1.165, 1.54) is 49.7 Å². The van der Waals surface area contributed by atoms with Gasteiger partial charge < -0.3 is 5.32 Å². The van der Waals surface area contributed by atoms with E-state index >= 15 is 0 Å². The predicted octanol–water partition coefficient (Wildman–Crippen LogP) is 5.12. The van der Waals surface area contributed by atoms with Crippen molar-refractivity contribution in [1.82, 2.24) is 5.32 Å². The number of benzene rings is 1. The molecule has 19 heavy (non-hydrogen) atoms. The fourth-order valence-corrected chi connectivity index (χ4v) is 3.12. The van der Waals surface area contributed by atoms with Crippen LogP contribution in [-0.4, -0.2) is 7.05 Å².